The van der Waals surface area contributed by atoms with E-state index in [4.69, 9.17) is 9.84 Å². The minimum absolute atomic E-state index is 0.0756. The third kappa shape index (κ3) is 5.37. The van der Waals surface area contributed by atoms with Gasteiger partial charge in [-0.1, -0.05) is 25.1 Å². The van der Waals surface area contributed by atoms with Gasteiger partial charge in [-0.05, 0) is 79.0 Å². The zero-order valence-electron chi connectivity index (χ0n) is 18.3. The number of alkyl halides is 3. The SMILES string of the molecule is C[C@H]1CC[C@@H](Oc2ccc3cc(CN4CCC(CC(=O)O)C4)ccc3c2C(F)(F)F)CC1. The number of halogens is 3. The quantitative estimate of drug-likeness (QED) is 0.578. The summed E-state index contributed by atoms with van der Waals surface area (Å²) in [6.07, 6.45) is -0.151. The highest BCUT2D eigenvalue weighted by molar-refractivity contribution is 5.89. The van der Waals surface area contributed by atoms with Gasteiger partial charge in [0.05, 0.1) is 6.10 Å². The zero-order valence-corrected chi connectivity index (χ0v) is 18.3. The number of carbonyl (C=O) groups is 1. The van der Waals surface area contributed by atoms with Crippen LogP contribution in [0.4, 0.5) is 13.2 Å². The van der Waals surface area contributed by atoms with E-state index in [9.17, 15) is 18.0 Å². The van der Waals surface area contributed by atoms with Crippen molar-refractivity contribution >= 4 is 16.7 Å². The Balaban J connectivity index is 1.54. The topological polar surface area (TPSA) is 49.8 Å². The molecule has 1 N–H and O–H groups in total. The number of aliphatic carboxylic acids is 1. The van der Waals surface area contributed by atoms with Gasteiger partial charge >= 0.3 is 12.1 Å². The molecule has 7 heteroatoms. The van der Waals surface area contributed by atoms with Crippen LogP contribution in [0.5, 0.6) is 5.75 Å². The van der Waals surface area contributed by atoms with Crippen molar-refractivity contribution in [3.63, 3.8) is 0 Å². The largest absolute Gasteiger partial charge is 0.490 e. The molecule has 0 bridgehead atoms. The summed E-state index contributed by atoms with van der Waals surface area (Å²) in [5.41, 5.74) is 0.236. The van der Waals surface area contributed by atoms with Crippen LogP contribution < -0.4 is 4.74 Å². The van der Waals surface area contributed by atoms with Crippen LogP contribution in [0.1, 0.15) is 56.6 Å². The predicted octanol–water partition coefficient (Wildman–Crippen LogP) is 6.11. The molecule has 0 aromatic heterocycles. The molecule has 0 spiro atoms. The van der Waals surface area contributed by atoms with Crippen LogP contribution in [0.15, 0.2) is 30.3 Å². The van der Waals surface area contributed by atoms with Crippen molar-refractivity contribution in [1.29, 1.82) is 0 Å². The van der Waals surface area contributed by atoms with E-state index in [-0.39, 0.29) is 29.6 Å². The maximum absolute atomic E-state index is 14.0. The van der Waals surface area contributed by atoms with Crippen molar-refractivity contribution < 1.29 is 27.8 Å². The van der Waals surface area contributed by atoms with Crippen LogP contribution in [0.25, 0.3) is 10.8 Å². The Morgan fingerprint density at radius 1 is 1.12 bits per heavy atom. The summed E-state index contributed by atoms with van der Waals surface area (Å²) in [6.45, 7) is 4.27. The normalized spacial score (nSPS) is 24.7. The van der Waals surface area contributed by atoms with Crippen LogP contribution in [0.2, 0.25) is 0 Å². The Hall–Kier alpha value is -2.28. The molecule has 1 aliphatic heterocycles. The molecule has 4 nitrogen and oxygen atoms in total. The molecule has 0 amide bonds. The number of carboxylic acids is 1. The van der Waals surface area contributed by atoms with Crippen LogP contribution >= 0.6 is 0 Å². The summed E-state index contributed by atoms with van der Waals surface area (Å²) in [7, 11) is 0. The Bertz CT molecular complexity index is 967. The van der Waals surface area contributed by atoms with Gasteiger partial charge in [-0.3, -0.25) is 9.69 Å². The lowest BCUT2D eigenvalue weighted by molar-refractivity contribution is -0.139. The Labute approximate surface area is 186 Å². The summed E-state index contributed by atoms with van der Waals surface area (Å²) >= 11 is 0. The van der Waals surface area contributed by atoms with Crippen molar-refractivity contribution in [3.8, 4) is 5.75 Å². The van der Waals surface area contributed by atoms with E-state index in [2.05, 4.69) is 11.8 Å². The molecule has 4 rings (SSSR count). The number of fused-ring (bicyclic) bond motifs is 1. The highest BCUT2D eigenvalue weighted by atomic mass is 19.4. The van der Waals surface area contributed by atoms with Gasteiger partial charge in [0.25, 0.3) is 0 Å². The molecule has 1 heterocycles. The smallest absolute Gasteiger partial charge is 0.420 e. The monoisotopic (exact) mass is 449 g/mol. The lowest BCUT2D eigenvalue weighted by atomic mass is 9.89. The van der Waals surface area contributed by atoms with Crippen LogP contribution in [0, 0.1) is 11.8 Å². The molecular formula is C25H30F3NO3. The highest BCUT2D eigenvalue weighted by Gasteiger charge is 2.37. The molecular weight excluding hydrogens is 419 g/mol. The van der Waals surface area contributed by atoms with Crippen molar-refractivity contribution in [2.75, 3.05) is 13.1 Å². The van der Waals surface area contributed by atoms with E-state index < -0.39 is 17.7 Å². The van der Waals surface area contributed by atoms with Crippen LogP contribution in [-0.2, 0) is 17.5 Å². The maximum Gasteiger partial charge on any atom is 0.420 e. The third-order valence-electron chi connectivity index (χ3n) is 6.83. The lowest BCUT2D eigenvalue weighted by Crippen LogP contribution is -2.24. The summed E-state index contributed by atoms with van der Waals surface area (Å²) in [5, 5.41) is 9.68. The number of rotatable bonds is 6. The summed E-state index contributed by atoms with van der Waals surface area (Å²) in [5.74, 6) is -0.134. The highest BCUT2D eigenvalue weighted by Crippen LogP contribution is 2.43. The molecule has 2 aromatic rings. The first kappa shape index (κ1) is 22.9. The van der Waals surface area contributed by atoms with Gasteiger partial charge in [-0.25, -0.2) is 0 Å². The summed E-state index contributed by atoms with van der Waals surface area (Å²) in [6, 6.07) is 8.28. The number of hydrogen-bond acceptors (Lipinski definition) is 3. The molecule has 1 saturated carbocycles. The fourth-order valence-electron chi connectivity index (χ4n) is 5.10. The molecule has 1 saturated heterocycles. The molecule has 0 radical (unpaired) electrons. The second-order valence-electron chi connectivity index (χ2n) is 9.48. The predicted molar refractivity (Wildman–Crippen MR) is 117 cm³/mol. The number of likely N-dealkylation sites (tertiary alicyclic amines) is 1. The van der Waals surface area contributed by atoms with Crippen molar-refractivity contribution in [3.05, 3.63) is 41.5 Å². The van der Waals surface area contributed by atoms with Crippen molar-refractivity contribution in [2.45, 2.75) is 64.3 Å². The zero-order chi connectivity index (χ0) is 22.9. The molecule has 2 fully saturated rings. The lowest BCUT2D eigenvalue weighted by Gasteiger charge is -2.28. The number of carboxylic acid groups (broad SMARTS) is 1. The fourth-order valence-corrected chi connectivity index (χ4v) is 5.10. The first-order chi connectivity index (χ1) is 15.2. The van der Waals surface area contributed by atoms with E-state index in [1.165, 1.54) is 6.07 Å². The van der Waals surface area contributed by atoms with Gasteiger partial charge < -0.3 is 9.84 Å². The molecule has 2 aliphatic rings. The van der Waals surface area contributed by atoms with Gasteiger partial charge in [0, 0.05) is 19.5 Å². The first-order valence-electron chi connectivity index (χ1n) is 11.4. The summed E-state index contributed by atoms with van der Waals surface area (Å²) < 4.78 is 48.0. The maximum atomic E-state index is 14.0. The van der Waals surface area contributed by atoms with Crippen molar-refractivity contribution in [2.24, 2.45) is 11.8 Å². The Morgan fingerprint density at radius 2 is 1.88 bits per heavy atom. The van der Waals surface area contributed by atoms with E-state index in [0.717, 1.165) is 44.2 Å². The number of nitrogens with zero attached hydrogens (tertiary/aromatic N) is 1. The Kier molecular flexibility index (Phi) is 6.65. The third-order valence-corrected chi connectivity index (χ3v) is 6.83. The molecule has 174 valence electrons. The van der Waals surface area contributed by atoms with Crippen molar-refractivity contribution in [1.82, 2.24) is 4.90 Å². The molecule has 1 aliphatic carbocycles. The second kappa shape index (κ2) is 9.30. The molecule has 1 unspecified atom stereocenters. The first-order valence-corrected chi connectivity index (χ1v) is 11.4. The number of benzene rings is 2. The number of hydrogen-bond donors (Lipinski definition) is 1. The molecule has 1 atom stereocenters. The molecule has 2 aromatic carbocycles. The van der Waals surface area contributed by atoms with E-state index in [1.54, 1.807) is 24.3 Å². The second-order valence-corrected chi connectivity index (χ2v) is 9.48. The minimum Gasteiger partial charge on any atom is -0.490 e. The van der Waals surface area contributed by atoms with Gasteiger partial charge in [-0.2, -0.15) is 13.2 Å². The van der Waals surface area contributed by atoms with Crippen LogP contribution in [-0.4, -0.2) is 35.2 Å². The number of ether oxygens (including phenoxy) is 1. The van der Waals surface area contributed by atoms with E-state index >= 15 is 0 Å². The van der Waals surface area contributed by atoms with Gasteiger partial charge in [0.15, 0.2) is 0 Å². The summed E-state index contributed by atoms with van der Waals surface area (Å²) in [4.78, 5) is 13.1. The molecule has 32 heavy (non-hydrogen) atoms. The Morgan fingerprint density at radius 3 is 2.56 bits per heavy atom. The average molecular weight is 450 g/mol. The van der Waals surface area contributed by atoms with Gasteiger partial charge in [0.2, 0.25) is 0 Å². The standard InChI is InChI=1S/C25H30F3NO3/c1-16-2-6-20(7-3-16)32-22-9-5-19-12-17(4-8-21(19)24(22)25(26,27)28)14-29-11-10-18(15-29)13-23(30)31/h4-5,8-9,12,16,18,20H,2-3,6-7,10-11,13-15H2,1H3,(H,30,31)/t16-,18?,20+. The fraction of sp³-hybridized carbons (Fsp3) is 0.560. The van der Waals surface area contributed by atoms with Gasteiger partial charge in [-0.15, -0.1) is 0 Å². The van der Waals surface area contributed by atoms with Crippen LogP contribution in [0.3, 0.4) is 0 Å². The van der Waals surface area contributed by atoms with E-state index in [1.807, 2.05) is 0 Å². The minimum atomic E-state index is -4.50. The van der Waals surface area contributed by atoms with Gasteiger partial charge in [0.1, 0.15) is 11.3 Å². The average Bonchev–Trinajstić information content (AvgIpc) is 3.14. The van der Waals surface area contributed by atoms with E-state index in [0.29, 0.717) is 24.4 Å².